The molecule has 0 amide bonds. The van der Waals surface area contributed by atoms with Crippen LogP contribution in [0.25, 0.3) is 0 Å². The first-order valence-electron chi connectivity index (χ1n) is 9.51. The van der Waals surface area contributed by atoms with Crippen LogP contribution in [0.15, 0.2) is 29.3 Å². The maximum absolute atomic E-state index is 4.55. The molecule has 1 aromatic rings. The minimum atomic E-state index is 0.964. The molecule has 0 heterocycles. The van der Waals surface area contributed by atoms with Crippen molar-refractivity contribution < 1.29 is 0 Å². The number of aliphatic imine (C=N–C) groups is 1. The number of anilines is 1. The summed E-state index contributed by atoms with van der Waals surface area (Å²) in [5.74, 6) is 0. The van der Waals surface area contributed by atoms with Crippen molar-refractivity contribution in [2.45, 2.75) is 71.1 Å². The predicted molar refractivity (Wildman–Crippen MR) is 105 cm³/mol. The summed E-state index contributed by atoms with van der Waals surface area (Å²) >= 11 is 0. The molecule has 2 heteroatoms. The molecule has 23 heavy (non-hydrogen) atoms. The van der Waals surface area contributed by atoms with Crippen LogP contribution in [0.4, 0.5) is 5.69 Å². The van der Waals surface area contributed by atoms with E-state index in [4.69, 9.17) is 0 Å². The van der Waals surface area contributed by atoms with Crippen molar-refractivity contribution in [1.82, 2.24) is 0 Å². The molecule has 0 bridgehead atoms. The van der Waals surface area contributed by atoms with Crippen molar-refractivity contribution in [3.63, 3.8) is 0 Å². The van der Waals surface area contributed by atoms with E-state index in [-0.39, 0.29) is 0 Å². The highest BCUT2D eigenvalue weighted by atomic mass is 15.1. The SMILES string of the molecule is CCCCCCCCCCCCN=Cc1ccc(N(C)C)cc1. The van der Waals surface area contributed by atoms with Crippen LogP contribution in [-0.4, -0.2) is 26.9 Å². The average molecular weight is 317 g/mol. The van der Waals surface area contributed by atoms with Gasteiger partial charge in [-0.2, -0.15) is 0 Å². The van der Waals surface area contributed by atoms with Crippen molar-refractivity contribution in [1.29, 1.82) is 0 Å². The third-order valence-electron chi connectivity index (χ3n) is 4.29. The fraction of sp³-hybridized carbons (Fsp3) is 0.667. The lowest BCUT2D eigenvalue weighted by molar-refractivity contribution is 0.558. The summed E-state index contributed by atoms with van der Waals surface area (Å²) in [5.41, 5.74) is 2.43. The Morgan fingerprint density at radius 1 is 0.783 bits per heavy atom. The minimum absolute atomic E-state index is 0.964. The molecule has 0 N–H and O–H groups in total. The Hall–Kier alpha value is -1.31. The van der Waals surface area contributed by atoms with E-state index in [1.54, 1.807) is 0 Å². The zero-order chi connectivity index (χ0) is 16.8. The molecular weight excluding hydrogens is 280 g/mol. The molecule has 0 atom stereocenters. The van der Waals surface area contributed by atoms with E-state index >= 15 is 0 Å². The molecule has 2 nitrogen and oxygen atoms in total. The van der Waals surface area contributed by atoms with Gasteiger partial charge in [-0.05, 0) is 24.1 Å². The van der Waals surface area contributed by atoms with E-state index in [2.05, 4.69) is 55.2 Å². The smallest absolute Gasteiger partial charge is 0.0389 e. The molecule has 0 aliphatic rings. The number of hydrogen-bond acceptors (Lipinski definition) is 2. The molecule has 0 unspecified atom stereocenters. The second kappa shape index (κ2) is 13.2. The molecule has 0 aromatic heterocycles. The molecule has 0 fully saturated rings. The number of unbranched alkanes of at least 4 members (excludes halogenated alkanes) is 9. The summed E-state index contributed by atoms with van der Waals surface area (Å²) in [5, 5.41) is 0. The van der Waals surface area contributed by atoms with Gasteiger partial charge < -0.3 is 4.90 Å². The van der Waals surface area contributed by atoms with Gasteiger partial charge in [0.15, 0.2) is 0 Å². The number of rotatable bonds is 13. The van der Waals surface area contributed by atoms with Crippen molar-refractivity contribution in [3.05, 3.63) is 29.8 Å². The summed E-state index contributed by atoms with van der Waals surface area (Å²) in [6, 6.07) is 8.55. The van der Waals surface area contributed by atoms with Gasteiger partial charge in [0.05, 0.1) is 0 Å². The normalized spacial score (nSPS) is 11.3. The Labute approximate surface area is 144 Å². The predicted octanol–water partition coefficient (Wildman–Crippen LogP) is 6.09. The largest absolute Gasteiger partial charge is 0.378 e. The molecule has 1 aromatic carbocycles. The Morgan fingerprint density at radius 3 is 1.83 bits per heavy atom. The second-order valence-electron chi connectivity index (χ2n) is 6.70. The van der Waals surface area contributed by atoms with Crippen LogP contribution in [-0.2, 0) is 0 Å². The van der Waals surface area contributed by atoms with E-state index in [0.29, 0.717) is 0 Å². The third-order valence-corrected chi connectivity index (χ3v) is 4.29. The van der Waals surface area contributed by atoms with E-state index in [0.717, 1.165) is 6.54 Å². The van der Waals surface area contributed by atoms with Crippen LogP contribution in [0.1, 0.15) is 76.7 Å². The highest BCUT2D eigenvalue weighted by Gasteiger charge is 1.94. The van der Waals surface area contributed by atoms with Crippen LogP contribution in [0.2, 0.25) is 0 Å². The van der Waals surface area contributed by atoms with Gasteiger partial charge in [0.25, 0.3) is 0 Å². The number of hydrogen-bond donors (Lipinski definition) is 0. The quantitative estimate of drug-likeness (QED) is 0.317. The fourth-order valence-electron chi connectivity index (χ4n) is 2.72. The molecule has 0 radical (unpaired) electrons. The van der Waals surface area contributed by atoms with Gasteiger partial charge in [-0.3, -0.25) is 4.99 Å². The summed E-state index contributed by atoms with van der Waals surface area (Å²) in [6.07, 6.45) is 15.8. The zero-order valence-electron chi connectivity index (χ0n) is 15.6. The second-order valence-corrected chi connectivity index (χ2v) is 6.70. The molecule has 0 saturated heterocycles. The van der Waals surface area contributed by atoms with Crippen LogP contribution >= 0.6 is 0 Å². The lowest BCUT2D eigenvalue weighted by Gasteiger charge is -2.11. The summed E-state index contributed by atoms with van der Waals surface area (Å²) in [7, 11) is 4.13. The van der Waals surface area contributed by atoms with E-state index in [9.17, 15) is 0 Å². The van der Waals surface area contributed by atoms with E-state index in [1.165, 1.54) is 75.5 Å². The lowest BCUT2D eigenvalue weighted by Crippen LogP contribution is -2.08. The Morgan fingerprint density at radius 2 is 1.30 bits per heavy atom. The van der Waals surface area contributed by atoms with Crippen molar-refractivity contribution in [2.24, 2.45) is 4.99 Å². The summed E-state index contributed by atoms with van der Waals surface area (Å²) in [4.78, 5) is 6.66. The first kappa shape index (κ1) is 19.7. The maximum atomic E-state index is 4.55. The van der Waals surface area contributed by atoms with Crippen LogP contribution < -0.4 is 4.90 Å². The van der Waals surface area contributed by atoms with Gasteiger partial charge >= 0.3 is 0 Å². The van der Waals surface area contributed by atoms with Gasteiger partial charge in [-0.1, -0.05) is 76.8 Å². The van der Waals surface area contributed by atoms with E-state index in [1.807, 2.05) is 6.21 Å². The molecule has 0 saturated carbocycles. The van der Waals surface area contributed by atoms with Gasteiger partial charge in [0.2, 0.25) is 0 Å². The monoisotopic (exact) mass is 316 g/mol. The van der Waals surface area contributed by atoms with Crippen molar-refractivity contribution in [3.8, 4) is 0 Å². The van der Waals surface area contributed by atoms with Gasteiger partial charge in [-0.15, -0.1) is 0 Å². The molecular formula is C21H36N2. The topological polar surface area (TPSA) is 15.6 Å². The lowest BCUT2D eigenvalue weighted by atomic mass is 10.1. The molecule has 0 aliphatic heterocycles. The molecule has 0 spiro atoms. The van der Waals surface area contributed by atoms with E-state index < -0.39 is 0 Å². The Balaban J connectivity index is 1.98. The fourth-order valence-corrected chi connectivity index (χ4v) is 2.72. The number of nitrogens with zero attached hydrogens (tertiary/aromatic N) is 2. The third kappa shape index (κ3) is 10.1. The average Bonchev–Trinajstić information content (AvgIpc) is 2.56. The first-order chi connectivity index (χ1) is 11.2. The van der Waals surface area contributed by atoms with Gasteiger partial charge in [0.1, 0.15) is 0 Å². The standard InChI is InChI=1S/C21H36N2/c1-4-5-6-7-8-9-10-11-12-13-18-22-19-20-14-16-21(17-15-20)23(2)3/h14-17,19H,4-13,18H2,1-3H3. The Kier molecular flexibility index (Phi) is 11.3. The van der Waals surface area contributed by atoms with Gasteiger partial charge in [0, 0.05) is 32.5 Å². The van der Waals surface area contributed by atoms with Crippen LogP contribution in [0.3, 0.4) is 0 Å². The van der Waals surface area contributed by atoms with Crippen molar-refractivity contribution >= 4 is 11.9 Å². The Bertz CT molecular complexity index is 406. The molecule has 0 aliphatic carbocycles. The number of benzene rings is 1. The minimum Gasteiger partial charge on any atom is -0.378 e. The first-order valence-corrected chi connectivity index (χ1v) is 9.51. The maximum Gasteiger partial charge on any atom is 0.0389 e. The highest BCUT2D eigenvalue weighted by Crippen LogP contribution is 2.12. The summed E-state index contributed by atoms with van der Waals surface area (Å²) in [6.45, 7) is 3.24. The van der Waals surface area contributed by atoms with Crippen molar-refractivity contribution in [2.75, 3.05) is 25.5 Å². The van der Waals surface area contributed by atoms with Gasteiger partial charge in [-0.25, -0.2) is 0 Å². The molecule has 1 rings (SSSR count). The summed E-state index contributed by atoms with van der Waals surface area (Å²) < 4.78 is 0. The highest BCUT2D eigenvalue weighted by molar-refractivity contribution is 5.80. The van der Waals surface area contributed by atoms with Crippen LogP contribution in [0.5, 0.6) is 0 Å². The van der Waals surface area contributed by atoms with Crippen LogP contribution in [0, 0.1) is 0 Å². The zero-order valence-corrected chi connectivity index (χ0v) is 15.6. The molecule has 130 valence electrons.